The van der Waals surface area contributed by atoms with Crippen LogP contribution in [0.4, 0.5) is 0 Å². The van der Waals surface area contributed by atoms with Gasteiger partial charge in [0.1, 0.15) is 5.75 Å². The second-order valence-corrected chi connectivity index (χ2v) is 9.09. The lowest BCUT2D eigenvalue weighted by Crippen LogP contribution is -2.31. The third-order valence-electron chi connectivity index (χ3n) is 5.06. The Morgan fingerprint density at radius 1 is 0.933 bits per heavy atom. The van der Waals surface area contributed by atoms with E-state index < -0.39 is 16.0 Å². The largest absolute Gasteiger partial charge is 0.454 e. The minimum absolute atomic E-state index is 0.149. The molecule has 7 nitrogen and oxygen atoms in total. The van der Waals surface area contributed by atoms with Crippen LogP contribution in [0.5, 0.6) is 17.2 Å². The molecular formula is C22H23NO6S. The van der Waals surface area contributed by atoms with E-state index in [1.54, 1.807) is 52.8 Å². The second kappa shape index (κ2) is 8.89. The van der Waals surface area contributed by atoms with Crippen LogP contribution in [0.15, 0.2) is 53.4 Å². The Morgan fingerprint density at radius 2 is 1.63 bits per heavy atom. The molecule has 0 bridgehead atoms. The molecule has 2 aliphatic heterocycles. The molecule has 0 unspecified atom stereocenters. The first-order valence-corrected chi connectivity index (χ1v) is 11.4. The molecule has 0 radical (unpaired) electrons. The van der Waals surface area contributed by atoms with Crippen LogP contribution in [0.2, 0.25) is 0 Å². The lowest BCUT2D eigenvalue weighted by atomic mass is 10.2. The highest BCUT2D eigenvalue weighted by atomic mass is 32.2. The van der Waals surface area contributed by atoms with E-state index in [4.69, 9.17) is 14.2 Å². The molecule has 4 rings (SSSR count). The van der Waals surface area contributed by atoms with Crippen molar-refractivity contribution in [2.24, 2.45) is 0 Å². The van der Waals surface area contributed by atoms with Gasteiger partial charge in [-0.15, -0.1) is 0 Å². The molecule has 1 fully saturated rings. The number of sulfonamides is 1. The first-order valence-electron chi connectivity index (χ1n) is 9.92. The van der Waals surface area contributed by atoms with Gasteiger partial charge in [-0.25, -0.2) is 13.2 Å². The maximum atomic E-state index is 12.8. The number of esters is 1. The van der Waals surface area contributed by atoms with E-state index in [2.05, 4.69) is 0 Å². The molecule has 0 aromatic heterocycles. The first kappa shape index (κ1) is 20.4. The molecule has 2 aromatic rings. The fourth-order valence-corrected chi connectivity index (χ4v) is 4.95. The van der Waals surface area contributed by atoms with Crippen molar-refractivity contribution in [1.29, 1.82) is 0 Å². The van der Waals surface area contributed by atoms with Gasteiger partial charge in [0.15, 0.2) is 11.5 Å². The predicted molar refractivity (Wildman–Crippen MR) is 111 cm³/mol. The minimum Gasteiger partial charge on any atom is -0.454 e. The average Bonchev–Trinajstić information content (AvgIpc) is 3.03. The number of nitrogens with zero attached hydrogens (tertiary/aromatic N) is 1. The molecule has 30 heavy (non-hydrogen) atoms. The standard InChI is InChI=1S/C22H23NO6S/c24-22(29-18-8-11-20-21(15-18)28-16-27-20)12-7-17-5-9-19(10-6-17)30(25,26)23-13-3-1-2-4-14-23/h5-12,15H,1-4,13-14,16H2/b12-7+. The molecule has 2 aromatic carbocycles. The topological polar surface area (TPSA) is 82.1 Å². The number of ether oxygens (including phenoxy) is 3. The van der Waals surface area contributed by atoms with Crippen LogP contribution in [0, 0.1) is 0 Å². The van der Waals surface area contributed by atoms with E-state index in [0.717, 1.165) is 25.7 Å². The van der Waals surface area contributed by atoms with Crippen LogP contribution in [-0.2, 0) is 14.8 Å². The van der Waals surface area contributed by atoms with Gasteiger partial charge in [0, 0.05) is 25.2 Å². The summed E-state index contributed by atoms with van der Waals surface area (Å²) in [6, 6.07) is 11.4. The van der Waals surface area contributed by atoms with Crippen molar-refractivity contribution in [3.63, 3.8) is 0 Å². The zero-order valence-electron chi connectivity index (χ0n) is 16.5. The Labute approximate surface area is 175 Å². The van der Waals surface area contributed by atoms with Gasteiger partial charge < -0.3 is 14.2 Å². The maximum absolute atomic E-state index is 12.8. The smallest absolute Gasteiger partial charge is 0.336 e. The van der Waals surface area contributed by atoms with Crippen LogP contribution in [-0.4, -0.2) is 38.6 Å². The molecule has 0 spiro atoms. The third kappa shape index (κ3) is 4.66. The molecule has 0 atom stereocenters. The SMILES string of the molecule is O=C(/C=C/c1ccc(S(=O)(=O)N2CCCCCC2)cc1)Oc1ccc2c(c1)OCO2. The van der Waals surface area contributed by atoms with E-state index in [-0.39, 0.29) is 11.7 Å². The zero-order valence-corrected chi connectivity index (χ0v) is 17.3. The Hall–Kier alpha value is -2.84. The van der Waals surface area contributed by atoms with Crippen LogP contribution in [0.25, 0.3) is 6.08 Å². The van der Waals surface area contributed by atoms with E-state index in [0.29, 0.717) is 35.9 Å². The van der Waals surface area contributed by atoms with Crippen molar-refractivity contribution in [2.75, 3.05) is 19.9 Å². The molecule has 0 N–H and O–H groups in total. The summed E-state index contributed by atoms with van der Waals surface area (Å²) in [5, 5.41) is 0. The molecule has 0 aliphatic carbocycles. The van der Waals surface area contributed by atoms with E-state index in [1.165, 1.54) is 6.08 Å². The number of carbonyl (C=O) groups is 1. The molecule has 0 amide bonds. The lowest BCUT2D eigenvalue weighted by molar-refractivity contribution is -0.128. The fraction of sp³-hybridized carbons (Fsp3) is 0.318. The average molecular weight is 429 g/mol. The molecule has 2 heterocycles. The highest BCUT2D eigenvalue weighted by Crippen LogP contribution is 2.35. The summed E-state index contributed by atoms with van der Waals surface area (Å²) >= 11 is 0. The summed E-state index contributed by atoms with van der Waals surface area (Å²) in [5.74, 6) is 0.953. The van der Waals surface area contributed by atoms with Gasteiger partial charge in [0.25, 0.3) is 0 Å². The first-order chi connectivity index (χ1) is 14.5. The molecule has 1 saturated heterocycles. The monoisotopic (exact) mass is 429 g/mol. The molecular weight excluding hydrogens is 406 g/mol. The fourth-order valence-electron chi connectivity index (χ4n) is 3.44. The Balaban J connectivity index is 1.39. The third-order valence-corrected chi connectivity index (χ3v) is 6.97. The van der Waals surface area contributed by atoms with Gasteiger partial charge >= 0.3 is 5.97 Å². The number of benzene rings is 2. The molecule has 0 saturated carbocycles. The highest BCUT2D eigenvalue weighted by Gasteiger charge is 2.24. The molecule has 158 valence electrons. The van der Waals surface area contributed by atoms with Crippen LogP contribution < -0.4 is 14.2 Å². The number of carbonyl (C=O) groups excluding carboxylic acids is 1. The van der Waals surface area contributed by atoms with Gasteiger partial charge in [0.05, 0.1) is 4.90 Å². The number of hydrogen-bond donors (Lipinski definition) is 0. The Bertz CT molecular complexity index is 1040. The lowest BCUT2D eigenvalue weighted by Gasteiger charge is -2.19. The predicted octanol–water partition coefficient (Wildman–Crippen LogP) is 3.60. The van der Waals surface area contributed by atoms with Crippen molar-refractivity contribution in [3.05, 3.63) is 54.1 Å². The van der Waals surface area contributed by atoms with E-state index >= 15 is 0 Å². The van der Waals surface area contributed by atoms with Crippen LogP contribution >= 0.6 is 0 Å². The summed E-state index contributed by atoms with van der Waals surface area (Å²) in [6.45, 7) is 1.28. The maximum Gasteiger partial charge on any atom is 0.336 e. The Kier molecular flexibility index (Phi) is 6.06. The van der Waals surface area contributed by atoms with Gasteiger partial charge in [-0.3, -0.25) is 0 Å². The van der Waals surface area contributed by atoms with Gasteiger partial charge in [-0.05, 0) is 48.7 Å². The van der Waals surface area contributed by atoms with Crippen molar-refractivity contribution in [2.45, 2.75) is 30.6 Å². The highest BCUT2D eigenvalue weighted by molar-refractivity contribution is 7.89. The van der Waals surface area contributed by atoms with Gasteiger partial charge in [0.2, 0.25) is 16.8 Å². The summed E-state index contributed by atoms with van der Waals surface area (Å²) < 4.78 is 42.9. The summed E-state index contributed by atoms with van der Waals surface area (Å²) in [6.07, 6.45) is 6.80. The Morgan fingerprint density at radius 3 is 2.37 bits per heavy atom. The number of hydrogen-bond acceptors (Lipinski definition) is 6. The summed E-state index contributed by atoms with van der Waals surface area (Å²) in [5.41, 5.74) is 0.701. The summed E-state index contributed by atoms with van der Waals surface area (Å²) in [4.78, 5) is 12.3. The van der Waals surface area contributed by atoms with Gasteiger partial charge in [-0.2, -0.15) is 4.31 Å². The van der Waals surface area contributed by atoms with Crippen molar-refractivity contribution in [3.8, 4) is 17.2 Å². The quantitative estimate of drug-likeness (QED) is 0.410. The van der Waals surface area contributed by atoms with Crippen LogP contribution in [0.3, 0.4) is 0 Å². The van der Waals surface area contributed by atoms with Crippen molar-refractivity contribution in [1.82, 2.24) is 4.31 Å². The number of fused-ring (bicyclic) bond motifs is 1. The molecule has 2 aliphatic rings. The van der Waals surface area contributed by atoms with E-state index in [1.807, 2.05) is 0 Å². The van der Waals surface area contributed by atoms with Gasteiger partial charge in [-0.1, -0.05) is 25.0 Å². The zero-order chi connectivity index (χ0) is 21.0. The van der Waals surface area contributed by atoms with Crippen LogP contribution in [0.1, 0.15) is 31.2 Å². The summed E-state index contributed by atoms with van der Waals surface area (Å²) in [7, 11) is -3.48. The van der Waals surface area contributed by atoms with Crippen molar-refractivity contribution >= 4 is 22.1 Å². The number of rotatable bonds is 5. The normalized spacial score (nSPS) is 17.1. The second-order valence-electron chi connectivity index (χ2n) is 7.16. The molecule has 8 heteroatoms. The van der Waals surface area contributed by atoms with E-state index in [9.17, 15) is 13.2 Å². The minimum atomic E-state index is -3.48. The van der Waals surface area contributed by atoms with Crippen molar-refractivity contribution < 1.29 is 27.4 Å².